The van der Waals surface area contributed by atoms with Crippen molar-refractivity contribution in [3.8, 4) is 11.5 Å². The molecule has 1 aromatic heterocycles. The molecule has 3 N–H and O–H groups in total. The summed E-state index contributed by atoms with van der Waals surface area (Å²) in [4.78, 5) is 15.5. The normalized spacial score (nSPS) is 11.5. The lowest BCUT2D eigenvalue weighted by Gasteiger charge is -2.09. The minimum Gasteiger partial charge on any atom is -0.507 e. The van der Waals surface area contributed by atoms with Crippen LogP contribution < -0.4 is 15.6 Å². The molecular formula is C18H16BN3O3. The molecule has 0 spiro atoms. The monoisotopic (exact) mass is 333 g/mol. The van der Waals surface area contributed by atoms with Crippen LogP contribution in [0.2, 0.25) is 0 Å². The third kappa shape index (κ3) is 3.35. The fraction of sp³-hybridized carbons (Fsp3) is 0.111. The number of benzene rings is 2. The number of para-hydroxylation sites is 1. The van der Waals surface area contributed by atoms with Gasteiger partial charge in [0.1, 0.15) is 19.3 Å². The summed E-state index contributed by atoms with van der Waals surface area (Å²) in [7, 11) is 7.20. The van der Waals surface area contributed by atoms with E-state index in [-0.39, 0.29) is 16.8 Å². The van der Waals surface area contributed by atoms with Crippen molar-refractivity contribution in [2.24, 2.45) is 5.10 Å². The second-order valence-electron chi connectivity index (χ2n) is 5.52. The highest BCUT2D eigenvalue weighted by molar-refractivity contribution is 6.34. The number of carbonyl (C=O) groups is 1. The molecule has 7 heteroatoms. The molecular weight excluding hydrogens is 317 g/mol. The van der Waals surface area contributed by atoms with E-state index >= 15 is 0 Å². The minimum atomic E-state index is -0.567. The van der Waals surface area contributed by atoms with Gasteiger partial charge in [0.15, 0.2) is 0 Å². The number of aromatic hydroxyl groups is 1. The van der Waals surface area contributed by atoms with Crippen molar-refractivity contribution in [1.29, 1.82) is 0 Å². The Balaban J connectivity index is 1.81. The summed E-state index contributed by atoms with van der Waals surface area (Å²) in [6, 6.07) is 12.4. The molecule has 0 atom stereocenters. The van der Waals surface area contributed by atoms with Gasteiger partial charge in [-0.15, -0.1) is 0 Å². The molecule has 0 aliphatic rings. The maximum atomic E-state index is 12.2. The van der Waals surface area contributed by atoms with Crippen LogP contribution in [0, 0.1) is 0 Å². The fourth-order valence-electron chi connectivity index (χ4n) is 2.47. The van der Waals surface area contributed by atoms with E-state index in [9.17, 15) is 9.90 Å². The largest absolute Gasteiger partial charge is 0.507 e. The Kier molecular flexibility index (Phi) is 4.47. The molecule has 25 heavy (non-hydrogen) atoms. The number of phenols is 1. The van der Waals surface area contributed by atoms with Crippen LogP contribution in [0.4, 0.5) is 0 Å². The van der Waals surface area contributed by atoms with Crippen LogP contribution in [0.15, 0.2) is 47.6 Å². The lowest BCUT2D eigenvalue weighted by molar-refractivity contribution is 0.0952. The van der Waals surface area contributed by atoms with E-state index in [1.807, 2.05) is 30.3 Å². The molecule has 0 aliphatic heterocycles. The molecule has 1 heterocycles. The zero-order chi connectivity index (χ0) is 18.0. The van der Waals surface area contributed by atoms with Crippen LogP contribution in [-0.4, -0.2) is 36.7 Å². The molecule has 6 nitrogen and oxygen atoms in total. The summed E-state index contributed by atoms with van der Waals surface area (Å²) in [6.45, 7) is 1.77. The van der Waals surface area contributed by atoms with Crippen molar-refractivity contribution in [3.05, 3.63) is 53.7 Å². The van der Waals surface area contributed by atoms with E-state index in [2.05, 4.69) is 15.5 Å². The van der Waals surface area contributed by atoms with Crippen molar-refractivity contribution in [1.82, 2.24) is 10.4 Å². The van der Waals surface area contributed by atoms with Crippen molar-refractivity contribution in [2.75, 3.05) is 7.11 Å². The number of rotatable bonds is 4. The predicted molar refractivity (Wildman–Crippen MR) is 98.0 cm³/mol. The molecule has 3 aromatic rings. The highest BCUT2D eigenvalue weighted by Crippen LogP contribution is 2.21. The van der Waals surface area contributed by atoms with Crippen LogP contribution in [0.3, 0.4) is 0 Å². The first-order chi connectivity index (χ1) is 12.0. The highest BCUT2D eigenvalue weighted by Gasteiger charge is 2.14. The van der Waals surface area contributed by atoms with Gasteiger partial charge in [0.05, 0.1) is 24.1 Å². The lowest BCUT2D eigenvalue weighted by atomic mass is 9.92. The SMILES string of the molecule is [B]c1cc(C(=O)NN=C(C)c2cc3ccccc3[nH]2)c(O)cc1OC. The second-order valence-corrected chi connectivity index (χ2v) is 5.52. The van der Waals surface area contributed by atoms with Gasteiger partial charge in [-0.1, -0.05) is 23.7 Å². The van der Waals surface area contributed by atoms with E-state index in [1.165, 1.54) is 19.2 Å². The minimum absolute atomic E-state index is 0.0199. The van der Waals surface area contributed by atoms with E-state index in [4.69, 9.17) is 12.6 Å². The number of nitrogens with zero attached hydrogens (tertiary/aromatic N) is 1. The van der Waals surface area contributed by atoms with Gasteiger partial charge >= 0.3 is 0 Å². The Morgan fingerprint density at radius 1 is 1.28 bits per heavy atom. The second kappa shape index (κ2) is 6.72. The zero-order valence-corrected chi connectivity index (χ0v) is 13.8. The summed E-state index contributed by atoms with van der Waals surface area (Å²) >= 11 is 0. The smallest absolute Gasteiger partial charge is 0.275 e. The van der Waals surface area contributed by atoms with Crippen LogP contribution in [0.5, 0.6) is 11.5 Å². The number of hydrogen-bond donors (Lipinski definition) is 3. The van der Waals surface area contributed by atoms with E-state index in [0.717, 1.165) is 16.6 Å². The molecule has 0 aliphatic carbocycles. The summed E-state index contributed by atoms with van der Waals surface area (Å²) < 4.78 is 5.00. The number of fused-ring (bicyclic) bond motifs is 1. The average Bonchev–Trinajstić information content (AvgIpc) is 3.05. The van der Waals surface area contributed by atoms with E-state index in [1.54, 1.807) is 6.92 Å². The summed E-state index contributed by atoms with van der Waals surface area (Å²) in [5.74, 6) is -0.504. The molecule has 0 saturated carbocycles. The van der Waals surface area contributed by atoms with Crippen LogP contribution in [0.25, 0.3) is 10.9 Å². The number of hydrazone groups is 1. The first-order valence-corrected chi connectivity index (χ1v) is 7.59. The number of phenolic OH excluding ortho intramolecular Hbond substituents is 1. The number of aromatic nitrogens is 1. The third-order valence-corrected chi connectivity index (χ3v) is 3.84. The number of nitrogens with one attached hydrogen (secondary N) is 2. The van der Waals surface area contributed by atoms with Gasteiger partial charge in [0.2, 0.25) is 0 Å². The number of aromatic amines is 1. The first kappa shape index (κ1) is 16.6. The summed E-state index contributed by atoms with van der Waals surface area (Å²) in [5, 5.41) is 15.1. The van der Waals surface area contributed by atoms with Crippen molar-refractivity contribution in [2.45, 2.75) is 6.92 Å². The average molecular weight is 333 g/mol. The number of amides is 1. The first-order valence-electron chi connectivity index (χ1n) is 7.59. The van der Waals surface area contributed by atoms with E-state index in [0.29, 0.717) is 11.5 Å². The molecule has 1 amide bonds. The number of H-pyrrole nitrogens is 1. The maximum Gasteiger partial charge on any atom is 0.275 e. The molecule has 0 bridgehead atoms. The summed E-state index contributed by atoms with van der Waals surface area (Å²) in [5.41, 5.74) is 5.07. The van der Waals surface area contributed by atoms with Gasteiger partial charge in [0.25, 0.3) is 5.91 Å². The highest BCUT2D eigenvalue weighted by atomic mass is 16.5. The molecule has 0 fully saturated rings. The third-order valence-electron chi connectivity index (χ3n) is 3.84. The van der Waals surface area contributed by atoms with Crippen molar-refractivity contribution < 1.29 is 14.6 Å². The Hall–Kier alpha value is -3.22. The molecule has 2 radical (unpaired) electrons. The van der Waals surface area contributed by atoms with Gasteiger partial charge in [0, 0.05) is 17.0 Å². The zero-order valence-electron chi connectivity index (χ0n) is 13.8. The van der Waals surface area contributed by atoms with Crippen LogP contribution in [0.1, 0.15) is 23.0 Å². The topological polar surface area (TPSA) is 86.7 Å². The Morgan fingerprint density at radius 2 is 2.04 bits per heavy atom. The van der Waals surface area contributed by atoms with Crippen molar-refractivity contribution in [3.63, 3.8) is 0 Å². The number of methoxy groups -OCH3 is 1. The standard InChI is InChI=1S/C18H16BN3O3/c1-10(15-7-11-5-3-4-6-14(11)20-15)21-22-18(24)12-8-13(19)17(25-2)9-16(12)23/h3-9,20,23H,1-2H3,(H,22,24). The van der Waals surface area contributed by atoms with Gasteiger partial charge in [-0.2, -0.15) is 5.10 Å². The van der Waals surface area contributed by atoms with Crippen molar-refractivity contribution >= 4 is 35.8 Å². The van der Waals surface area contributed by atoms with Gasteiger partial charge in [-0.3, -0.25) is 4.79 Å². The molecule has 2 aromatic carbocycles. The maximum absolute atomic E-state index is 12.2. The Labute approximate surface area is 145 Å². The number of carbonyl (C=O) groups excluding carboxylic acids is 1. The van der Waals surface area contributed by atoms with Gasteiger partial charge in [-0.25, -0.2) is 5.43 Å². The number of ether oxygens (including phenoxy) is 1. The van der Waals surface area contributed by atoms with Crippen LogP contribution >= 0.6 is 0 Å². The number of hydrogen-bond acceptors (Lipinski definition) is 4. The fourth-order valence-corrected chi connectivity index (χ4v) is 2.47. The van der Waals surface area contributed by atoms with E-state index < -0.39 is 5.91 Å². The molecule has 3 rings (SSSR count). The van der Waals surface area contributed by atoms with Gasteiger partial charge < -0.3 is 14.8 Å². The molecule has 124 valence electrons. The molecule has 0 unspecified atom stereocenters. The quantitative estimate of drug-likeness (QED) is 0.387. The Morgan fingerprint density at radius 3 is 2.76 bits per heavy atom. The van der Waals surface area contributed by atoms with Crippen LogP contribution in [-0.2, 0) is 0 Å². The van der Waals surface area contributed by atoms with Gasteiger partial charge in [-0.05, 0) is 25.1 Å². The lowest BCUT2D eigenvalue weighted by Crippen LogP contribution is -2.21. The Bertz CT molecular complexity index is 946. The molecule has 0 saturated heterocycles. The summed E-state index contributed by atoms with van der Waals surface area (Å²) in [6.07, 6.45) is 0. The predicted octanol–water partition coefficient (Wildman–Crippen LogP) is 1.83.